The number of anilines is 1. The molecule has 3 rings (SSSR count). The molecule has 2 aromatic carbocycles. The van der Waals surface area contributed by atoms with Gasteiger partial charge in [-0.25, -0.2) is 13.6 Å². The highest BCUT2D eigenvalue weighted by atomic mass is 19.1. The van der Waals surface area contributed by atoms with Crippen LogP contribution in [-0.4, -0.2) is 42.3 Å². The Kier molecular flexibility index (Phi) is 5.02. The number of hydrogen-bond acceptors (Lipinski definition) is 4. The number of benzene rings is 2. The highest BCUT2D eigenvalue weighted by Crippen LogP contribution is 2.28. The molecular formula is C18H18F2N2O3. The number of phenolic OH excluding ortho intramolecular Hbond substituents is 1. The van der Waals surface area contributed by atoms with Gasteiger partial charge in [0.15, 0.2) is 11.6 Å². The van der Waals surface area contributed by atoms with Gasteiger partial charge in [-0.05, 0) is 5.56 Å². The molecule has 1 aliphatic heterocycles. The quantitative estimate of drug-likeness (QED) is 0.926. The molecule has 5 nitrogen and oxygen atoms in total. The number of ether oxygens (including phenoxy) is 1. The van der Waals surface area contributed by atoms with Crippen LogP contribution in [0, 0.1) is 11.6 Å². The van der Waals surface area contributed by atoms with Crippen LogP contribution in [-0.2, 0) is 11.3 Å². The van der Waals surface area contributed by atoms with Crippen molar-refractivity contribution in [2.24, 2.45) is 0 Å². The molecule has 0 spiro atoms. The summed E-state index contributed by atoms with van der Waals surface area (Å²) < 4.78 is 32.3. The van der Waals surface area contributed by atoms with E-state index in [0.29, 0.717) is 32.2 Å². The molecule has 132 valence electrons. The van der Waals surface area contributed by atoms with Crippen molar-refractivity contribution in [3.63, 3.8) is 0 Å². The second-order valence-electron chi connectivity index (χ2n) is 5.77. The van der Waals surface area contributed by atoms with Crippen molar-refractivity contribution in [2.75, 3.05) is 31.1 Å². The first-order valence-electron chi connectivity index (χ1n) is 7.93. The van der Waals surface area contributed by atoms with E-state index in [2.05, 4.69) is 0 Å². The van der Waals surface area contributed by atoms with E-state index in [-0.39, 0.29) is 12.3 Å². The zero-order chi connectivity index (χ0) is 17.8. The van der Waals surface area contributed by atoms with Crippen molar-refractivity contribution in [3.8, 4) is 5.75 Å². The number of hydrogen-bond donors (Lipinski definition) is 1. The highest BCUT2D eigenvalue weighted by Gasteiger charge is 2.24. The summed E-state index contributed by atoms with van der Waals surface area (Å²) in [4.78, 5) is 15.3. The van der Waals surface area contributed by atoms with Crippen molar-refractivity contribution in [2.45, 2.75) is 6.61 Å². The van der Waals surface area contributed by atoms with E-state index in [9.17, 15) is 18.7 Å². The molecule has 1 N–H and O–H groups in total. The molecule has 1 heterocycles. The molecule has 0 bridgehead atoms. The molecular weight excluding hydrogens is 330 g/mol. The van der Waals surface area contributed by atoms with Gasteiger partial charge in [0.1, 0.15) is 12.4 Å². The maximum absolute atomic E-state index is 13.9. The molecule has 7 heteroatoms. The summed E-state index contributed by atoms with van der Waals surface area (Å²) in [7, 11) is 0. The number of carbonyl (C=O) groups excluding carboxylic acids is 1. The van der Waals surface area contributed by atoms with Crippen LogP contribution in [0.1, 0.15) is 5.56 Å². The molecule has 0 unspecified atom stereocenters. The first-order chi connectivity index (χ1) is 12.0. The van der Waals surface area contributed by atoms with Crippen molar-refractivity contribution >= 4 is 11.8 Å². The molecule has 0 saturated carbocycles. The number of halogens is 2. The molecule has 1 aliphatic rings. The number of piperazine rings is 1. The summed E-state index contributed by atoms with van der Waals surface area (Å²) in [5, 5.41) is 9.42. The molecule has 0 radical (unpaired) electrons. The lowest BCUT2D eigenvalue weighted by Gasteiger charge is -2.35. The van der Waals surface area contributed by atoms with Crippen molar-refractivity contribution in [3.05, 3.63) is 59.7 Å². The summed E-state index contributed by atoms with van der Waals surface area (Å²) in [6.45, 7) is 1.63. The van der Waals surface area contributed by atoms with Crippen LogP contribution in [0.15, 0.2) is 42.5 Å². The van der Waals surface area contributed by atoms with E-state index in [1.165, 1.54) is 0 Å². The summed E-state index contributed by atoms with van der Waals surface area (Å²) in [5.41, 5.74) is 1.02. The van der Waals surface area contributed by atoms with Gasteiger partial charge in [0.25, 0.3) is 0 Å². The van der Waals surface area contributed by atoms with E-state index in [1.807, 2.05) is 30.3 Å². The van der Waals surface area contributed by atoms with Gasteiger partial charge in [-0.15, -0.1) is 0 Å². The topological polar surface area (TPSA) is 53.0 Å². The molecule has 1 fully saturated rings. The van der Waals surface area contributed by atoms with Gasteiger partial charge < -0.3 is 19.6 Å². The van der Waals surface area contributed by atoms with Crippen LogP contribution in [0.3, 0.4) is 0 Å². The smallest absolute Gasteiger partial charge is 0.410 e. The van der Waals surface area contributed by atoms with Gasteiger partial charge in [0, 0.05) is 38.3 Å². The fourth-order valence-corrected chi connectivity index (χ4v) is 2.71. The van der Waals surface area contributed by atoms with Gasteiger partial charge in [0.05, 0.1) is 5.69 Å². The number of amides is 1. The fourth-order valence-electron chi connectivity index (χ4n) is 2.71. The Morgan fingerprint density at radius 2 is 1.72 bits per heavy atom. The summed E-state index contributed by atoms with van der Waals surface area (Å²) in [6.07, 6.45) is -0.425. The van der Waals surface area contributed by atoms with Gasteiger partial charge in [0.2, 0.25) is 0 Å². The second kappa shape index (κ2) is 7.38. The van der Waals surface area contributed by atoms with Crippen molar-refractivity contribution in [1.29, 1.82) is 0 Å². The maximum Gasteiger partial charge on any atom is 0.410 e. The molecule has 2 aromatic rings. The zero-order valence-corrected chi connectivity index (χ0v) is 13.5. The third-order valence-corrected chi connectivity index (χ3v) is 4.10. The van der Waals surface area contributed by atoms with Crippen LogP contribution in [0.4, 0.5) is 19.3 Å². The van der Waals surface area contributed by atoms with Gasteiger partial charge in [-0.2, -0.15) is 0 Å². The van der Waals surface area contributed by atoms with Gasteiger partial charge in [-0.3, -0.25) is 0 Å². The number of nitrogens with zero attached hydrogens (tertiary/aromatic N) is 2. The van der Waals surface area contributed by atoms with E-state index < -0.39 is 23.5 Å². The summed E-state index contributed by atoms with van der Waals surface area (Å²) in [5.74, 6) is -2.33. The normalized spacial score (nSPS) is 14.5. The maximum atomic E-state index is 13.9. The SMILES string of the molecule is O=C(OCc1ccccc1)N1CCN(c2cc(O)c(F)cc2F)CC1. The lowest BCUT2D eigenvalue weighted by molar-refractivity contribution is 0.0941. The van der Waals surface area contributed by atoms with Gasteiger partial charge >= 0.3 is 6.09 Å². The minimum Gasteiger partial charge on any atom is -0.505 e. The van der Waals surface area contributed by atoms with Crippen LogP contribution < -0.4 is 4.90 Å². The number of rotatable bonds is 3. The minimum absolute atomic E-state index is 0.121. The van der Waals surface area contributed by atoms with Crippen molar-refractivity contribution in [1.82, 2.24) is 4.90 Å². The van der Waals surface area contributed by atoms with E-state index in [0.717, 1.165) is 11.6 Å². The fraction of sp³-hybridized carbons (Fsp3) is 0.278. The van der Waals surface area contributed by atoms with Crippen molar-refractivity contribution < 1.29 is 23.4 Å². The lowest BCUT2D eigenvalue weighted by Crippen LogP contribution is -2.49. The first-order valence-corrected chi connectivity index (χ1v) is 7.93. The summed E-state index contributed by atoms with van der Waals surface area (Å²) >= 11 is 0. The number of carbonyl (C=O) groups is 1. The van der Waals surface area contributed by atoms with Gasteiger partial charge in [-0.1, -0.05) is 30.3 Å². The molecule has 25 heavy (non-hydrogen) atoms. The average molecular weight is 348 g/mol. The second-order valence-corrected chi connectivity index (χ2v) is 5.77. The Morgan fingerprint density at radius 1 is 1.04 bits per heavy atom. The van der Waals surface area contributed by atoms with Crippen LogP contribution in [0.25, 0.3) is 0 Å². The minimum atomic E-state index is -0.996. The highest BCUT2D eigenvalue weighted by molar-refractivity contribution is 5.68. The lowest BCUT2D eigenvalue weighted by atomic mass is 10.2. The number of aromatic hydroxyl groups is 1. The predicted octanol–water partition coefficient (Wildman–Crippen LogP) is 3.13. The van der Waals surface area contributed by atoms with E-state index >= 15 is 0 Å². The zero-order valence-electron chi connectivity index (χ0n) is 13.5. The molecule has 0 aromatic heterocycles. The Hall–Kier alpha value is -2.83. The van der Waals surface area contributed by atoms with E-state index in [1.54, 1.807) is 9.80 Å². The molecule has 1 amide bonds. The molecule has 0 atom stereocenters. The van der Waals surface area contributed by atoms with Crippen LogP contribution in [0.5, 0.6) is 5.75 Å². The monoisotopic (exact) mass is 348 g/mol. The third kappa shape index (κ3) is 3.99. The van der Waals surface area contributed by atoms with E-state index in [4.69, 9.17) is 4.74 Å². The molecule has 0 aliphatic carbocycles. The predicted molar refractivity (Wildman–Crippen MR) is 88.4 cm³/mol. The average Bonchev–Trinajstić information content (AvgIpc) is 2.64. The largest absolute Gasteiger partial charge is 0.505 e. The Labute approximate surface area is 144 Å². The Morgan fingerprint density at radius 3 is 2.40 bits per heavy atom. The first kappa shape index (κ1) is 17.0. The van der Waals surface area contributed by atoms with Crippen LogP contribution >= 0.6 is 0 Å². The number of phenols is 1. The standard InChI is InChI=1S/C18H18F2N2O3/c19-14-10-15(20)17(23)11-16(14)21-6-8-22(9-7-21)18(24)25-12-13-4-2-1-3-5-13/h1-5,10-11,23H,6-9,12H2. The molecule has 1 saturated heterocycles. The Balaban J connectivity index is 1.55. The Bertz CT molecular complexity index is 747. The summed E-state index contributed by atoms with van der Waals surface area (Å²) in [6, 6.07) is 11.1. The van der Waals surface area contributed by atoms with Crippen LogP contribution in [0.2, 0.25) is 0 Å². The third-order valence-electron chi connectivity index (χ3n) is 4.10.